The summed E-state index contributed by atoms with van der Waals surface area (Å²) in [6.07, 6.45) is 4.49. The van der Waals surface area contributed by atoms with Gasteiger partial charge in [0.2, 0.25) is 0 Å². The maximum Gasteiger partial charge on any atom is 0.255 e. The summed E-state index contributed by atoms with van der Waals surface area (Å²) in [7, 11) is 0. The van der Waals surface area contributed by atoms with Gasteiger partial charge in [0.25, 0.3) is 11.8 Å². The minimum atomic E-state index is -0.454. The van der Waals surface area contributed by atoms with Crippen LogP contribution in [-0.4, -0.2) is 53.5 Å². The van der Waals surface area contributed by atoms with E-state index in [4.69, 9.17) is 0 Å². The van der Waals surface area contributed by atoms with E-state index in [9.17, 15) is 9.59 Å². The molecule has 1 saturated carbocycles. The molecule has 166 valence electrons. The molecule has 2 saturated heterocycles. The molecule has 2 aromatic rings. The lowest BCUT2D eigenvalue weighted by atomic mass is 9.89. The number of nitrogens with zero attached hydrogens (tertiary/aromatic N) is 2. The average Bonchev–Trinajstić information content (AvgIpc) is 3.53. The monoisotopic (exact) mass is 430 g/mol. The first-order valence-electron chi connectivity index (χ1n) is 11.9. The van der Waals surface area contributed by atoms with Crippen molar-refractivity contribution in [1.29, 1.82) is 0 Å². The molecule has 4 aliphatic rings. The van der Waals surface area contributed by atoms with Crippen molar-refractivity contribution < 1.29 is 9.59 Å². The van der Waals surface area contributed by atoms with Crippen molar-refractivity contribution in [3.05, 3.63) is 65.2 Å². The molecular weight excluding hydrogens is 400 g/mol. The number of fused-ring (bicyclic) bond motifs is 3. The number of anilines is 1. The Morgan fingerprint density at radius 1 is 1.00 bits per heavy atom. The van der Waals surface area contributed by atoms with Gasteiger partial charge in [-0.2, -0.15) is 0 Å². The number of para-hydroxylation sites is 1. The summed E-state index contributed by atoms with van der Waals surface area (Å²) in [6.45, 7) is 4.76. The Balaban J connectivity index is 1.16. The van der Waals surface area contributed by atoms with E-state index in [1.807, 2.05) is 41.3 Å². The van der Waals surface area contributed by atoms with E-state index in [1.165, 1.54) is 31.5 Å². The van der Waals surface area contributed by atoms with Gasteiger partial charge >= 0.3 is 0 Å². The second-order valence-electron chi connectivity index (χ2n) is 9.89. The van der Waals surface area contributed by atoms with Gasteiger partial charge in [-0.1, -0.05) is 24.3 Å². The fourth-order valence-electron chi connectivity index (χ4n) is 6.26. The highest BCUT2D eigenvalue weighted by atomic mass is 16.2. The van der Waals surface area contributed by atoms with Crippen molar-refractivity contribution in [3.8, 4) is 0 Å². The zero-order chi connectivity index (χ0) is 21.7. The minimum absolute atomic E-state index is 0.0154. The molecule has 6 heteroatoms. The Morgan fingerprint density at radius 3 is 2.59 bits per heavy atom. The number of benzene rings is 2. The molecule has 3 fully saturated rings. The Hall–Kier alpha value is -2.86. The second-order valence-corrected chi connectivity index (χ2v) is 9.89. The van der Waals surface area contributed by atoms with E-state index in [1.54, 1.807) is 0 Å². The van der Waals surface area contributed by atoms with Crippen LogP contribution in [0.1, 0.15) is 52.0 Å². The minimum Gasteiger partial charge on any atom is -0.362 e. The number of nitrogens with one attached hydrogen (secondary N) is 2. The van der Waals surface area contributed by atoms with Crippen LogP contribution in [0.2, 0.25) is 0 Å². The second kappa shape index (κ2) is 7.62. The first-order valence-corrected chi connectivity index (χ1v) is 11.9. The molecule has 2 aromatic carbocycles. The third kappa shape index (κ3) is 3.28. The molecule has 6 nitrogen and oxygen atoms in total. The highest BCUT2D eigenvalue weighted by Gasteiger charge is 2.55. The van der Waals surface area contributed by atoms with Crippen molar-refractivity contribution in [2.45, 2.75) is 37.9 Å². The number of hydrogen-bond acceptors (Lipinski definition) is 4. The molecule has 3 atom stereocenters. The van der Waals surface area contributed by atoms with Gasteiger partial charge in [-0.05, 0) is 74.5 Å². The van der Waals surface area contributed by atoms with Crippen LogP contribution in [0.5, 0.6) is 0 Å². The molecule has 3 heterocycles. The maximum atomic E-state index is 13.3. The largest absolute Gasteiger partial charge is 0.362 e. The molecule has 1 spiro atoms. The van der Waals surface area contributed by atoms with Crippen molar-refractivity contribution in [2.75, 3.05) is 31.5 Å². The first-order chi connectivity index (χ1) is 15.6. The summed E-state index contributed by atoms with van der Waals surface area (Å²) in [5.41, 5.74) is 3.17. The third-order valence-electron chi connectivity index (χ3n) is 7.94. The molecule has 0 bridgehead atoms. The number of carbonyl (C=O) groups excluding carboxylic acids is 2. The number of carbonyl (C=O) groups is 2. The lowest BCUT2D eigenvalue weighted by Crippen LogP contribution is -2.61. The Bertz CT molecular complexity index is 1050. The first kappa shape index (κ1) is 19.8. The predicted octanol–water partition coefficient (Wildman–Crippen LogP) is 3.32. The molecule has 1 aliphatic carbocycles. The Morgan fingerprint density at radius 2 is 1.78 bits per heavy atom. The standard InChI is InChI=1S/C26H30N4O2/c31-24-21-5-1-2-6-23(21)27-26(28-24)12-11-20-16-30(17-22(20)26)25(32)19-9-7-18(8-10-19)15-29-13-3-4-14-29/h1-2,5-10,20,22,27H,3-4,11-17H2,(H,28,31)/t20-,22+,26+/m1/s1. The molecule has 2 amide bonds. The van der Waals surface area contributed by atoms with Crippen LogP contribution >= 0.6 is 0 Å². The van der Waals surface area contributed by atoms with E-state index in [0.29, 0.717) is 18.0 Å². The molecule has 0 aromatic heterocycles. The van der Waals surface area contributed by atoms with Gasteiger partial charge in [0.05, 0.1) is 5.56 Å². The van der Waals surface area contributed by atoms with E-state index in [2.05, 4.69) is 27.7 Å². The summed E-state index contributed by atoms with van der Waals surface area (Å²) in [5, 5.41) is 6.91. The highest BCUT2D eigenvalue weighted by molar-refractivity contribution is 6.02. The fraction of sp³-hybridized carbons (Fsp3) is 0.462. The van der Waals surface area contributed by atoms with Crippen LogP contribution in [0.3, 0.4) is 0 Å². The number of rotatable bonds is 3. The molecule has 6 rings (SSSR count). The van der Waals surface area contributed by atoms with Gasteiger partial charge < -0.3 is 15.5 Å². The van der Waals surface area contributed by atoms with Crippen LogP contribution in [0.4, 0.5) is 5.69 Å². The molecule has 0 radical (unpaired) electrons. The van der Waals surface area contributed by atoms with Crippen LogP contribution in [0, 0.1) is 11.8 Å². The van der Waals surface area contributed by atoms with Crippen LogP contribution in [0.15, 0.2) is 48.5 Å². The fourth-order valence-corrected chi connectivity index (χ4v) is 6.26. The lowest BCUT2D eigenvalue weighted by Gasteiger charge is -2.42. The summed E-state index contributed by atoms with van der Waals surface area (Å²) >= 11 is 0. The van der Waals surface area contributed by atoms with Gasteiger partial charge in [0, 0.05) is 36.8 Å². The molecule has 2 N–H and O–H groups in total. The van der Waals surface area contributed by atoms with E-state index in [0.717, 1.165) is 37.2 Å². The number of amides is 2. The van der Waals surface area contributed by atoms with Crippen molar-refractivity contribution in [3.63, 3.8) is 0 Å². The molecule has 0 unspecified atom stereocenters. The molecule has 32 heavy (non-hydrogen) atoms. The zero-order valence-electron chi connectivity index (χ0n) is 18.3. The van der Waals surface area contributed by atoms with Gasteiger partial charge in [-0.25, -0.2) is 0 Å². The van der Waals surface area contributed by atoms with Crippen LogP contribution in [-0.2, 0) is 6.54 Å². The zero-order valence-corrected chi connectivity index (χ0v) is 18.3. The topological polar surface area (TPSA) is 64.7 Å². The van der Waals surface area contributed by atoms with Crippen LogP contribution < -0.4 is 10.6 Å². The lowest BCUT2D eigenvalue weighted by molar-refractivity contribution is 0.0767. The normalized spacial score (nSPS) is 29.0. The Labute approximate surface area is 189 Å². The molecule has 3 aliphatic heterocycles. The highest BCUT2D eigenvalue weighted by Crippen LogP contribution is 2.47. The van der Waals surface area contributed by atoms with Crippen molar-refractivity contribution >= 4 is 17.5 Å². The molecular formula is C26H30N4O2. The third-order valence-corrected chi connectivity index (χ3v) is 7.94. The van der Waals surface area contributed by atoms with Gasteiger partial charge in [0.1, 0.15) is 5.66 Å². The summed E-state index contributed by atoms with van der Waals surface area (Å²) in [4.78, 5) is 30.5. The summed E-state index contributed by atoms with van der Waals surface area (Å²) < 4.78 is 0. The van der Waals surface area contributed by atoms with E-state index >= 15 is 0 Å². The van der Waals surface area contributed by atoms with E-state index in [-0.39, 0.29) is 17.7 Å². The van der Waals surface area contributed by atoms with Crippen LogP contribution in [0.25, 0.3) is 0 Å². The van der Waals surface area contributed by atoms with Crippen molar-refractivity contribution in [2.24, 2.45) is 11.8 Å². The SMILES string of the molecule is O=C1N[C@]2(CC[C@@H]3CN(C(=O)c4ccc(CN5CCCC5)cc4)C[C@@H]32)Nc2ccccc21. The number of likely N-dealkylation sites (tertiary alicyclic amines) is 2. The smallest absolute Gasteiger partial charge is 0.255 e. The Kier molecular flexibility index (Phi) is 4.72. The quantitative estimate of drug-likeness (QED) is 0.784. The predicted molar refractivity (Wildman–Crippen MR) is 123 cm³/mol. The summed E-state index contributed by atoms with van der Waals surface area (Å²) in [6, 6.07) is 15.8. The van der Waals surface area contributed by atoms with Gasteiger partial charge in [0.15, 0.2) is 0 Å². The maximum absolute atomic E-state index is 13.3. The van der Waals surface area contributed by atoms with E-state index < -0.39 is 5.66 Å². The van der Waals surface area contributed by atoms with Gasteiger partial charge in [-0.15, -0.1) is 0 Å². The van der Waals surface area contributed by atoms with Gasteiger partial charge in [-0.3, -0.25) is 14.5 Å². The average molecular weight is 431 g/mol. The number of hydrogen-bond donors (Lipinski definition) is 2. The van der Waals surface area contributed by atoms with Crippen molar-refractivity contribution in [1.82, 2.24) is 15.1 Å². The summed E-state index contributed by atoms with van der Waals surface area (Å²) in [5.74, 6) is 0.716.